The summed E-state index contributed by atoms with van der Waals surface area (Å²) in [6.45, 7) is 0.339. The smallest absolute Gasteiger partial charge is 0.231 e. The molecule has 2 aromatic carbocycles. The highest BCUT2D eigenvalue weighted by Crippen LogP contribution is 2.37. The van der Waals surface area contributed by atoms with Crippen LogP contribution in [0.25, 0.3) is 11.1 Å². The molecule has 0 atom stereocenters. The van der Waals surface area contributed by atoms with Crippen LogP contribution in [0.15, 0.2) is 60.9 Å². The van der Waals surface area contributed by atoms with Crippen molar-refractivity contribution in [1.82, 2.24) is 14.8 Å². The Balaban J connectivity index is 1.45. The van der Waals surface area contributed by atoms with E-state index in [-0.39, 0.29) is 5.56 Å². The predicted molar refractivity (Wildman–Crippen MR) is 127 cm³/mol. The zero-order chi connectivity index (χ0) is 24.5. The maximum Gasteiger partial charge on any atom is 0.231 e. The zero-order valence-electron chi connectivity index (χ0n) is 18.8. The van der Waals surface area contributed by atoms with E-state index >= 15 is 0 Å². The van der Waals surface area contributed by atoms with Crippen LogP contribution >= 0.6 is 0 Å². The van der Waals surface area contributed by atoms with Gasteiger partial charge in [-0.1, -0.05) is 6.07 Å². The number of anilines is 3. The molecule has 0 bridgehead atoms. The molecular weight excluding hydrogens is 450 g/mol. The number of nitrogens with zero attached hydrogens (tertiary/aromatic N) is 5. The highest BCUT2D eigenvalue weighted by atomic mass is 19.1. The quantitative estimate of drug-likeness (QED) is 0.464. The third-order valence-electron chi connectivity index (χ3n) is 6.05. The molecule has 3 heterocycles. The summed E-state index contributed by atoms with van der Waals surface area (Å²) in [5.41, 5.74) is 3.05. The molecule has 0 fully saturated rings. The van der Waals surface area contributed by atoms with Crippen molar-refractivity contribution < 1.29 is 13.6 Å². The van der Waals surface area contributed by atoms with Crippen LogP contribution in [-0.4, -0.2) is 27.2 Å². The van der Waals surface area contributed by atoms with Gasteiger partial charge < -0.3 is 10.2 Å². The Morgan fingerprint density at radius 3 is 2.63 bits per heavy atom. The Morgan fingerprint density at radius 2 is 1.91 bits per heavy atom. The number of hydrogen-bond acceptors (Lipinski definition) is 5. The molecule has 0 saturated heterocycles. The van der Waals surface area contributed by atoms with E-state index < -0.39 is 24.0 Å². The predicted octanol–water partition coefficient (Wildman–Crippen LogP) is 4.51. The van der Waals surface area contributed by atoms with Crippen molar-refractivity contribution in [3.8, 4) is 17.2 Å². The maximum absolute atomic E-state index is 14.1. The summed E-state index contributed by atoms with van der Waals surface area (Å²) >= 11 is 0. The Hall–Kier alpha value is -4.58. The van der Waals surface area contributed by atoms with Crippen molar-refractivity contribution in [2.45, 2.75) is 12.8 Å². The molecule has 0 radical (unpaired) electrons. The number of aromatic nitrogens is 3. The zero-order valence-corrected chi connectivity index (χ0v) is 18.8. The standard InChI is InChI=1S/C26H20F2N6O/c1-33-24(6-9-31-33)32-23-13-16(5-8-30-23)18-11-17-7-10-34(26(17)19(12-18)15-29)25(35)14-20-21(27)3-2-4-22(20)28/h2-6,8-9,11-13H,7,10,14H2,1H3,(H,30,32). The minimum absolute atomic E-state index is 0.272. The van der Waals surface area contributed by atoms with E-state index in [1.54, 1.807) is 23.1 Å². The fourth-order valence-electron chi connectivity index (χ4n) is 4.30. The molecule has 2 aromatic heterocycles. The number of carbonyl (C=O) groups excluding carboxylic acids is 1. The van der Waals surface area contributed by atoms with Crippen LogP contribution in [0, 0.1) is 23.0 Å². The highest BCUT2D eigenvalue weighted by Gasteiger charge is 2.29. The summed E-state index contributed by atoms with van der Waals surface area (Å²) in [5.74, 6) is -0.581. The van der Waals surface area contributed by atoms with E-state index in [1.807, 2.05) is 31.3 Å². The summed E-state index contributed by atoms with van der Waals surface area (Å²) in [6, 6.07) is 14.9. The molecular formula is C26H20F2N6O. The lowest BCUT2D eigenvalue weighted by Gasteiger charge is -2.19. The molecule has 0 saturated carbocycles. The largest absolute Gasteiger partial charge is 0.325 e. The van der Waals surface area contributed by atoms with Gasteiger partial charge in [0.2, 0.25) is 5.91 Å². The van der Waals surface area contributed by atoms with E-state index in [0.717, 1.165) is 34.6 Å². The molecule has 9 heteroatoms. The number of aryl methyl sites for hydroxylation is 1. The third kappa shape index (κ3) is 4.22. The molecule has 0 aliphatic carbocycles. The van der Waals surface area contributed by atoms with E-state index in [4.69, 9.17) is 0 Å². The molecule has 1 amide bonds. The second-order valence-electron chi connectivity index (χ2n) is 8.21. The minimum atomic E-state index is -0.762. The molecule has 1 aliphatic rings. The number of hydrogen-bond donors (Lipinski definition) is 1. The van der Waals surface area contributed by atoms with E-state index in [2.05, 4.69) is 21.5 Å². The maximum atomic E-state index is 14.1. The van der Waals surface area contributed by atoms with Gasteiger partial charge in [-0.05, 0) is 59.5 Å². The Bertz CT molecular complexity index is 1470. The van der Waals surface area contributed by atoms with Crippen molar-refractivity contribution in [2.24, 2.45) is 7.05 Å². The van der Waals surface area contributed by atoms with Crippen molar-refractivity contribution in [3.63, 3.8) is 0 Å². The van der Waals surface area contributed by atoms with E-state index in [9.17, 15) is 18.8 Å². The summed E-state index contributed by atoms with van der Waals surface area (Å²) in [4.78, 5) is 18.8. The number of nitrogens with one attached hydrogen (secondary N) is 1. The number of rotatable bonds is 5. The van der Waals surface area contributed by atoms with Gasteiger partial charge in [0.25, 0.3) is 0 Å². The van der Waals surface area contributed by atoms with Crippen molar-refractivity contribution >= 4 is 23.2 Å². The summed E-state index contributed by atoms with van der Waals surface area (Å²) in [7, 11) is 1.82. The van der Waals surface area contributed by atoms with Gasteiger partial charge in [-0.15, -0.1) is 0 Å². The molecule has 0 spiro atoms. The first-order chi connectivity index (χ1) is 16.9. The topological polar surface area (TPSA) is 86.8 Å². The van der Waals surface area contributed by atoms with Crippen molar-refractivity contribution in [3.05, 3.63) is 89.2 Å². The van der Waals surface area contributed by atoms with Gasteiger partial charge in [-0.3, -0.25) is 9.48 Å². The van der Waals surface area contributed by atoms with Crippen LogP contribution in [-0.2, 0) is 24.7 Å². The first-order valence-corrected chi connectivity index (χ1v) is 11.0. The van der Waals surface area contributed by atoms with Gasteiger partial charge in [0.1, 0.15) is 29.3 Å². The van der Waals surface area contributed by atoms with Gasteiger partial charge in [-0.2, -0.15) is 10.4 Å². The fraction of sp³-hybridized carbons (Fsp3) is 0.154. The van der Waals surface area contributed by atoms with Gasteiger partial charge in [-0.25, -0.2) is 13.8 Å². The normalized spacial score (nSPS) is 12.3. The summed E-state index contributed by atoms with van der Waals surface area (Å²) in [5, 5.41) is 17.2. The van der Waals surface area contributed by atoms with Gasteiger partial charge in [0.05, 0.1) is 23.9 Å². The van der Waals surface area contributed by atoms with Crippen LogP contribution in [0.3, 0.4) is 0 Å². The van der Waals surface area contributed by atoms with Crippen LogP contribution in [0.4, 0.5) is 26.1 Å². The van der Waals surface area contributed by atoms with E-state index in [1.165, 1.54) is 11.0 Å². The Labute approximate surface area is 200 Å². The molecule has 7 nitrogen and oxygen atoms in total. The van der Waals surface area contributed by atoms with Crippen molar-refractivity contribution in [1.29, 1.82) is 5.26 Å². The number of nitriles is 1. The lowest BCUT2D eigenvalue weighted by Crippen LogP contribution is -2.31. The van der Waals surface area contributed by atoms with Crippen LogP contribution in [0.2, 0.25) is 0 Å². The molecule has 0 unspecified atom stereocenters. The number of fused-ring (bicyclic) bond motifs is 1. The second-order valence-corrected chi connectivity index (χ2v) is 8.21. The molecule has 35 heavy (non-hydrogen) atoms. The van der Waals surface area contributed by atoms with Crippen LogP contribution in [0.1, 0.15) is 16.7 Å². The van der Waals surface area contributed by atoms with Crippen molar-refractivity contribution in [2.75, 3.05) is 16.8 Å². The van der Waals surface area contributed by atoms with Gasteiger partial charge in [0, 0.05) is 31.4 Å². The Kier molecular flexibility index (Phi) is 5.71. The number of halogens is 2. The lowest BCUT2D eigenvalue weighted by molar-refractivity contribution is -0.118. The SMILES string of the molecule is Cn1nccc1Nc1cc(-c2cc(C#N)c3c(c2)CCN3C(=O)Cc2c(F)cccc2F)ccn1. The second kappa shape index (κ2) is 8.99. The highest BCUT2D eigenvalue weighted by molar-refractivity contribution is 5.99. The fourth-order valence-corrected chi connectivity index (χ4v) is 4.30. The van der Waals surface area contributed by atoms with Crippen LogP contribution < -0.4 is 10.2 Å². The number of pyridine rings is 1. The molecule has 4 aromatic rings. The summed E-state index contributed by atoms with van der Waals surface area (Å²) < 4.78 is 29.8. The first kappa shape index (κ1) is 22.2. The van der Waals surface area contributed by atoms with Crippen LogP contribution in [0.5, 0.6) is 0 Å². The molecule has 5 rings (SSSR count). The first-order valence-electron chi connectivity index (χ1n) is 11.0. The minimum Gasteiger partial charge on any atom is -0.325 e. The average molecular weight is 470 g/mol. The number of carbonyl (C=O) groups is 1. The Morgan fingerprint density at radius 1 is 1.11 bits per heavy atom. The lowest BCUT2D eigenvalue weighted by atomic mass is 9.98. The molecule has 1 N–H and O–H groups in total. The molecule has 1 aliphatic heterocycles. The summed E-state index contributed by atoms with van der Waals surface area (Å²) in [6.07, 6.45) is 3.47. The average Bonchev–Trinajstić information content (AvgIpc) is 3.47. The third-order valence-corrected chi connectivity index (χ3v) is 6.05. The number of amides is 1. The van der Waals surface area contributed by atoms with Gasteiger partial charge in [0.15, 0.2) is 0 Å². The molecule has 174 valence electrons. The van der Waals surface area contributed by atoms with Gasteiger partial charge >= 0.3 is 0 Å². The number of benzene rings is 2. The van der Waals surface area contributed by atoms with E-state index in [0.29, 0.717) is 30.0 Å². The monoisotopic (exact) mass is 470 g/mol.